The van der Waals surface area contributed by atoms with E-state index in [0.717, 1.165) is 21.9 Å². The van der Waals surface area contributed by atoms with Gasteiger partial charge in [-0.25, -0.2) is 0 Å². The van der Waals surface area contributed by atoms with Gasteiger partial charge < -0.3 is 5.73 Å². The van der Waals surface area contributed by atoms with E-state index in [1.54, 1.807) is 0 Å². The smallest absolute Gasteiger partial charge is 0.0694 e. The van der Waals surface area contributed by atoms with Gasteiger partial charge in [-0.15, -0.1) is 0 Å². The van der Waals surface area contributed by atoms with Crippen LogP contribution in [0.5, 0.6) is 0 Å². The van der Waals surface area contributed by atoms with Crippen LogP contribution in [0.4, 0.5) is 0 Å². The molecule has 1 aromatic carbocycles. The van der Waals surface area contributed by atoms with Crippen molar-refractivity contribution in [1.29, 1.82) is 0 Å². The molecule has 0 radical (unpaired) electrons. The molecule has 0 atom stereocenters. The number of hydrogen-bond donors (Lipinski definition) is 1. The fraction of sp³-hybridized carbons (Fsp3) is 0.222. The SMILES string of the molecule is NCCn1ncc2c(Br)cccc21. The summed E-state index contributed by atoms with van der Waals surface area (Å²) in [5, 5.41) is 5.39. The minimum atomic E-state index is 0.614. The van der Waals surface area contributed by atoms with Crippen LogP contribution in [0.15, 0.2) is 28.9 Å². The molecular formula is C9H10BrN3. The van der Waals surface area contributed by atoms with E-state index in [4.69, 9.17) is 5.73 Å². The Hall–Kier alpha value is -0.870. The highest BCUT2D eigenvalue weighted by Crippen LogP contribution is 2.22. The molecule has 0 aliphatic rings. The molecule has 0 aliphatic carbocycles. The highest BCUT2D eigenvalue weighted by Gasteiger charge is 2.03. The van der Waals surface area contributed by atoms with Crippen LogP contribution in [-0.4, -0.2) is 16.3 Å². The molecule has 0 aliphatic heterocycles. The van der Waals surface area contributed by atoms with Crippen molar-refractivity contribution in [2.24, 2.45) is 5.73 Å². The maximum absolute atomic E-state index is 5.48. The first-order valence-electron chi connectivity index (χ1n) is 4.13. The number of rotatable bonds is 2. The van der Waals surface area contributed by atoms with E-state index in [-0.39, 0.29) is 0 Å². The maximum Gasteiger partial charge on any atom is 0.0694 e. The van der Waals surface area contributed by atoms with E-state index in [1.807, 2.05) is 29.1 Å². The van der Waals surface area contributed by atoms with Crippen LogP contribution in [0, 0.1) is 0 Å². The van der Waals surface area contributed by atoms with Crippen LogP contribution >= 0.6 is 15.9 Å². The molecule has 0 saturated carbocycles. The van der Waals surface area contributed by atoms with Crippen molar-refractivity contribution in [3.63, 3.8) is 0 Å². The Bertz CT molecular complexity index is 422. The monoisotopic (exact) mass is 239 g/mol. The third-order valence-corrected chi connectivity index (χ3v) is 2.67. The van der Waals surface area contributed by atoms with Crippen LogP contribution in [0.25, 0.3) is 10.9 Å². The molecule has 3 nitrogen and oxygen atoms in total. The molecule has 4 heteroatoms. The third-order valence-electron chi connectivity index (χ3n) is 1.98. The molecule has 0 saturated heterocycles. The lowest BCUT2D eigenvalue weighted by atomic mass is 10.2. The van der Waals surface area contributed by atoms with Crippen molar-refractivity contribution in [2.45, 2.75) is 6.54 Å². The minimum absolute atomic E-state index is 0.614. The van der Waals surface area contributed by atoms with Gasteiger partial charge in [-0.05, 0) is 12.1 Å². The van der Waals surface area contributed by atoms with E-state index in [0.29, 0.717) is 6.54 Å². The Morgan fingerprint density at radius 2 is 2.31 bits per heavy atom. The lowest BCUT2D eigenvalue weighted by Crippen LogP contribution is -2.10. The number of benzene rings is 1. The number of halogens is 1. The summed E-state index contributed by atoms with van der Waals surface area (Å²) in [5.41, 5.74) is 6.60. The van der Waals surface area contributed by atoms with Gasteiger partial charge in [0.2, 0.25) is 0 Å². The van der Waals surface area contributed by atoms with E-state index in [1.165, 1.54) is 0 Å². The molecule has 1 heterocycles. The summed E-state index contributed by atoms with van der Waals surface area (Å²) in [6.07, 6.45) is 1.86. The van der Waals surface area contributed by atoms with Crippen molar-refractivity contribution in [1.82, 2.24) is 9.78 Å². The van der Waals surface area contributed by atoms with Gasteiger partial charge in [0.05, 0.1) is 18.3 Å². The summed E-state index contributed by atoms with van der Waals surface area (Å²) in [7, 11) is 0. The molecule has 13 heavy (non-hydrogen) atoms. The van der Waals surface area contributed by atoms with Gasteiger partial charge in [-0.1, -0.05) is 22.0 Å². The van der Waals surface area contributed by atoms with Gasteiger partial charge in [0.25, 0.3) is 0 Å². The average Bonchev–Trinajstić information content (AvgIpc) is 2.51. The van der Waals surface area contributed by atoms with Gasteiger partial charge in [-0.3, -0.25) is 4.68 Å². The van der Waals surface area contributed by atoms with Gasteiger partial charge in [-0.2, -0.15) is 5.10 Å². The highest BCUT2D eigenvalue weighted by molar-refractivity contribution is 9.10. The molecule has 0 fully saturated rings. The molecule has 2 rings (SSSR count). The Morgan fingerprint density at radius 3 is 3.08 bits per heavy atom. The van der Waals surface area contributed by atoms with Crippen LogP contribution in [0.2, 0.25) is 0 Å². The number of hydrogen-bond acceptors (Lipinski definition) is 2. The number of nitrogens with zero attached hydrogens (tertiary/aromatic N) is 2. The van der Waals surface area contributed by atoms with Crippen LogP contribution in [-0.2, 0) is 6.54 Å². The van der Waals surface area contributed by atoms with Gasteiger partial charge in [0, 0.05) is 16.4 Å². The zero-order chi connectivity index (χ0) is 9.26. The van der Waals surface area contributed by atoms with E-state index < -0.39 is 0 Å². The standard InChI is InChI=1S/C9H10BrN3/c10-8-2-1-3-9-7(8)6-12-13(9)5-4-11/h1-3,6H,4-5,11H2. The lowest BCUT2D eigenvalue weighted by molar-refractivity contribution is 0.646. The molecular weight excluding hydrogens is 230 g/mol. The maximum atomic E-state index is 5.48. The molecule has 68 valence electrons. The first-order valence-corrected chi connectivity index (χ1v) is 4.92. The average molecular weight is 240 g/mol. The van der Waals surface area contributed by atoms with E-state index >= 15 is 0 Å². The summed E-state index contributed by atoms with van der Waals surface area (Å²) < 4.78 is 2.99. The van der Waals surface area contributed by atoms with Crippen molar-refractivity contribution in [3.05, 3.63) is 28.9 Å². The Balaban J connectivity index is 2.61. The largest absolute Gasteiger partial charge is 0.329 e. The summed E-state index contributed by atoms with van der Waals surface area (Å²) >= 11 is 3.48. The Labute approximate surface area is 84.7 Å². The van der Waals surface area contributed by atoms with Gasteiger partial charge >= 0.3 is 0 Å². The highest BCUT2D eigenvalue weighted by atomic mass is 79.9. The molecule has 0 spiro atoms. The van der Waals surface area contributed by atoms with Crippen molar-refractivity contribution in [3.8, 4) is 0 Å². The molecule has 2 N–H and O–H groups in total. The zero-order valence-electron chi connectivity index (χ0n) is 7.07. The summed E-state index contributed by atoms with van der Waals surface area (Å²) in [5.74, 6) is 0. The number of fused-ring (bicyclic) bond motifs is 1. The predicted octanol–water partition coefficient (Wildman–Crippen LogP) is 1.76. The zero-order valence-corrected chi connectivity index (χ0v) is 8.66. The summed E-state index contributed by atoms with van der Waals surface area (Å²) in [4.78, 5) is 0. The van der Waals surface area contributed by atoms with Crippen LogP contribution in [0.3, 0.4) is 0 Å². The molecule has 0 unspecified atom stereocenters. The molecule has 1 aromatic heterocycles. The first kappa shape index (κ1) is 8.72. The second-order valence-corrected chi connectivity index (χ2v) is 3.68. The van der Waals surface area contributed by atoms with Crippen LogP contribution < -0.4 is 5.73 Å². The summed E-state index contributed by atoms with van der Waals surface area (Å²) in [6, 6.07) is 6.06. The fourth-order valence-electron chi connectivity index (χ4n) is 1.37. The second kappa shape index (κ2) is 3.47. The summed E-state index contributed by atoms with van der Waals surface area (Å²) in [6.45, 7) is 1.38. The Kier molecular flexibility index (Phi) is 2.33. The third kappa shape index (κ3) is 1.47. The van der Waals surface area contributed by atoms with Crippen LogP contribution in [0.1, 0.15) is 0 Å². The quantitative estimate of drug-likeness (QED) is 0.869. The number of aromatic nitrogens is 2. The predicted molar refractivity (Wildman–Crippen MR) is 56.5 cm³/mol. The van der Waals surface area contributed by atoms with Crippen molar-refractivity contribution < 1.29 is 0 Å². The fourth-order valence-corrected chi connectivity index (χ4v) is 1.83. The molecule has 0 amide bonds. The topological polar surface area (TPSA) is 43.8 Å². The first-order chi connectivity index (χ1) is 6.33. The molecule has 0 bridgehead atoms. The second-order valence-electron chi connectivity index (χ2n) is 2.83. The minimum Gasteiger partial charge on any atom is -0.329 e. The molecule has 2 aromatic rings. The normalized spacial score (nSPS) is 10.9. The van der Waals surface area contributed by atoms with E-state index in [9.17, 15) is 0 Å². The van der Waals surface area contributed by atoms with Gasteiger partial charge in [0.1, 0.15) is 0 Å². The van der Waals surface area contributed by atoms with Gasteiger partial charge in [0.15, 0.2) is 0 Å². The van der Waals surface area contributed by atoms with Crippen molar-refractivity contribution in [2.75, 3.05) is 6.54 Å². The number of nitrogens with two attached hydrogens (primary N) is 1. The van der Waals surface area contributed by atoms with Crippen molar-refractivity contribution >= 4 is 26.8 Å². The lowest BCUT2D eigenvalue weighted by Gasteiger charge is -2.00. The Morgan fingerprint density at radius 1 is 1.46 bits per heavy atom. The van der Waals surface area contributed by atoms with E-state index in [2.05, 4.69) is 21.0 Å².